The minimum atomic E-state index is -1.22. The predicted molar refractivity (Wildman–Crippen MR) is 87.6 cm³/mol. The molecule has 0 spiro atoms. The minimum Gasteiger partial charge on any atom is -0.493 e. The smallest absolute Gasteiger partial charge is 0.127 e. The van der Waals surface area contributed by atoms with Crippen molar-refractivity contribution in [2.45, 2.75) is 25.9 Å². The Labute approximate surface area is 139 Å². The van der Waals surface area contributed by atoms with Crippen LogP contribution in [0.2, 0.25) is 10.0 Å². The van der Waals surface area contributed by atoms with E-state index in [9.17, 15) is 5.11 Å². The van der Waals surface area contributed by atoms with Crippen LogP contribution in [-0.2, 0) is 5.60 Å². The van der Waals surface area contributed by atoms with Crippen molar-refractivity contribution >= 4 is 23.2 Å². The molecule has 2 heterocycles. The van der Waals surface area contributed by atoms with E-state index in [0.717, 1.165) is 0 Å². The molecule has 1 aliphatic heterocycles. The lowest BCUT2D eigenvalue weighted by molar-refractivity contribution is 0.0298. The lowest BCUT2D eigenvalue weighted by atomic mass is 9.75. The van der Waals surface area contributed by atoms with Crippen molar-refractivity contribution in [2.75, 3.05) is 6.61 Å². The molecular formula is C17H17Cl2NO2. The number of rotatable bonds is 1. The van der Waals surface area contributed by atoms with Crippen LogP contribution in [0, 0.1) is 5.41 Å². The summed E-state index contributed by atoms with van der Waals surface area (Å²) in [5.74, 6) is 0.561. The van der Waals surface area contributed by atoms with E-state index in [-0.39, 0.29) is 5.41 Å². The molecule has 1 atom stereocenters. The third kappa shape index (κ3) is 2.69. The molecule has 1 aromatic carbocycles. The van der Waals surface area contributed by atoms with Gasteiger partial charge in [0.25, 0.3) is 0 Å². The summed E-state index contributed by atoms with van der Waals surface area (Å²) >= 11 is 12.3. The fourth-order valence-electron chi connectivity index (χ4n) is 2.95. The molecule has 1 aromatic heterocycles. The highest BCUT2D eigenvalue weighted by molar-refractivity contribution is 6.42. The van der Waals surface area contributed by atoms with Crippen LogP contribution in [0.4, 0.5) is 0 Å². The summed E-state index contributed by atoms with van der Waals surface area (Å²) in [7, 11) is 0. The molecule has 1 aliphatic rings. The van der Waals surface area contributed by atoms with E-state index in [0.29, 0.717) is 39.9 Å². The van der Waals surface area contributed by atoms with Crippen LogP contribution >= 0.6 is 23.2 Å². The lowest BCUT2D eigenvalue weighted by Crippen LogP contribution is -2.33. The Balaban J connectivity index is 2.25. The fraction of sp³-hybridized carbons (Fsp3) is 0.353. The third-order valence-electron chi connectivity index (χ3n) is 3.96. The van der Waals surface area contributed by atoms with Crippen LogP contribution in [0.1, 0.15) is 31.4 Å². The second-order valence-electron chi connectivity index (χ2n) is 6.49. The first-order chi connectivity index (χ1) is 10.3. The molecule has 1 unspecified atom stereocenters. The summed E-state index contributed by atoms with van der Waals surface area (Å²) < 4.78 is 5.89. The molecule has 0 aliphatic carbocycles. The molecule has 3 nitrogen and oxygen atoms in total. The van der Waals surface area contributed by atoms with Gasteiger partial charge in [0.15, 0.2) is 0 Å². The molecule has 0 bridgehead atoms. The van der Waals surface area contributed by atoms with Crippen LogP contribution in [0.3, 0.4) is 0 Å². The van der Waals surface area contributed by atoms with Crippen LogP contribution in [0.5, 0.6) is 5.75 Å². The Kier molecular flexibility index (Phi) is 3.84. The zero-order valence-electron chi connectivity index (χ0n) is 12.4. The number of hydrogen-bond acceptors (Lipinski definition) is 3. The first-order valence-electron chi connectivity index (χ1n) is 7.07. The molecule has 0 saturated carbocycles. The van der Waals surface area contributed by atoms with Crippen LogP contribution < -0.4 is 4.74 Å². The van der Waals surface area contributed by atoms with Gasteiger partial charge in [-0.3, -0.25) is 4.98 Å². The number of benzene rings is 1. The van der Waals surface area contributed by atoms with Gasteiger partial charge in [0.05, 0.1) is 16.7 Å². The van der Waals surface area contributed by atoms with Crippen molar-refractivity contribution in [1.82, 2.24) is 4.98 Å². The molecule has 0 saturated heterocycles. The maximum Gasteiger partial charge on any atom is 0.127 e. The van der Waals surface area contributed by atoms with Crippen molar-refractivity contribution < 1.29 is 9.84 Å². The Morgan fingerprint density at radius 1 is 1.23 bits per heavy atom. The van der Waals surface area contributed by atoms with Gasteiger partial charge >= 0.3 is 0 Å². The van der Waals surface area contributed by atoms with Crippen LogP contribution in [-0.4, -0.2) is 16.7 Å². The molecule has 3 rings (SSSR count). The van der Waals surface area contributed by atoms with Gasteiger partial charge in [-0.05, 0) is 18.6 Å². The third-order valence-corrected chi connectivity index (χ3v) is 4.68. The first-order valence-corrected chi connectivity index (χ1v) is 7.83. The normalized spacial score (nSPS) is 23.3. The topological polar surface area (TPSA) is 42.4 Å². The lowest BCUT2D eigenvalue weighted by Gasteiger charge is -2.33. The molecule has 22 heavy (non-hydrogen) atoms. The summed E-state index contributed by atoms with van der Waals surface area (Å²) in [5, 5.41) is 12.3. The second kappa shape index (κ2) is 5.41. The summed E-state index contributed by atoms with van der Waals surface area (Å²) in [6.07, 6.45) is 3.85. The Bertz CT molecular complexity index is 703. The van der Waals surface area contributed by atoms with Crippen LogP contribution in [0.15, 0.2) is 36.7 Å². The van der Waals surface area contributed by atoms with Gasteiger partial charge in [-0.25, -0.2) is 0 Å². The van der Waals surface area contributed by atoms with Crippen molar-refractivity contribution in [1.29, 1.82) is 0 Å². The summed E-state index contributed by atoms with van der Waals surface area (Å²) in [5.41, 5.74) is -0.103. The van der Waals surface area contributed by atoms with E-state index in [1.165, 1.54) is 0 Å². The van der Waals surface area contributed by atoms with Gasteiger partial charge in [0, 0.05) is 35.0 Å². The summed E-state index contributed by atoms with van der Waals surface area (Å²) in [4.78, 5) is 4.14. The van der Waals surface area contributed by atoms with Crippen molar-refractivity contribution in [3.8, 4) is 5.75 Å². The second-order valence-corrected chi connectivity index (χ2v) is 7.31. The minimum absolute atomic E-state index is 0.220. The number of fused-ring (bicyclic) bond motifs is 1. The van der Waals surface area contributed by atoms with E-state index >= 15 is 0 Å². The van der Waals surface area contributed by atoms with Crippen LogP contribution in [0.25, 0.3) is 0 Å². The Morgan fingerprint density at radius 2 is 1.95 bits per heavy atom. The highest BCUT2D eigenvalue weighted by Gasteiger charge is 2.43. The van der Waals surface area contributed by atoms with E-state index in [2.05, 4.69) is 18.8 Å². The molecule has 1 N–H and O–H groups in total. The number of ether oxygens (including phenoxy) is 1. The van der Waals surface area contributed by atoms with E-state index in [1.54, 1.807) is 24.5 Å². The predicted octanol–water partition coefficient (Wildman–Crippen LogP) is 4.43. The fourth-order valence-corrected chi connectivity index (χ4v) is 3.27. The van der Waals surface area contributed by atoms with Crippen molar-refractivity contribution in [3.05, 3.63) is 57.8 Å². The van der Waals surface area contributed by atoms with Gasteiger partial charge in [-0.1, -0.05) is 43.1 Å². The van der Waals surface area contributed by atoms with E-state index in [1.807, 2.05) is 12.1 Å². The van der Waals surface area contributed by atoms with E-state index in [4.69, 9.17) is 27.9 Å². The highest BCUT2D eigenvalue weighted by Crippen LogP contribution is 2.48. The maximum absolute atomic E-state index is 11.5. The zero-order valence-corrected chi connectivity index (χ0v) is 13.9. The maximum atomic E-state index is 11.5. The monoisotopic (exact) mass is 337 g/mol. The summed E-state index contributed by atoms with van der Waals surface area (Å²) in [6, 6.07) is 7.03. The van der Waals surface area contributed by atoms with Gasteiger partial charge in [-0.2, -0.15) is 0 Å². The quantitative estimate of drug-likeness (QED) is 0.836. The average molecular weight is 338 g/mol. The molecule has 116 valence electrons. The largest absolute Gasteiger partial charge is 0.493 e. The first kappa shape index (κ1) is 15.6. The molecule has 2 aromatic rings. The zero-order chi connectivity index (χ0) is 16.0. The molecule has 0 fully saturated rings. The number of pyridine rings is 1. The van der Waals surface area contributed by atoms with Gasteiger partial charge in [0.2, 0.25) is 0 Å². The number of halogens is 2. The summed E-state index contributed by atoms with van der Waals surface area (Å²) in [6.45, 7) is 4.60. The molecular weight excluding hydrogens is 321 g/mol. The number of aromatic nitrogens is 1. The molecule has 0 radical (unpaired) electrons. The standard InChI is InChI=1S/C17H17Cl2NO2/c1-16(2)9-17(21,11-4-3-5-20-8-11)12-6-13(18)14(19)7-15(12)22-10-16/h3-8,21H,9-10H2,1-2H3. The van der Waals surface area contributed by atoms with Crippen molar-refractivity contribution in [2.24, 2.45) is 5.41 Å². The highest BCUT2D eigenvalue weighted by atomic mass is 35.5. The van der Waals surface area contributed by atoms with E-state index < -0.39 is 5.60 Å². The number of aliphatic hydroxyl groups is 1. The van der Waals surface area contributed by atoms with Gasteiger partial charge < -0.3 is 9.84 Å². The molecule has 5 heteroatoms. The Hall–Kier alpha value is -1.29. The molecule has 0 amide bonds. The van der Waals surface area contributed by atoms with Gasteiger partial charge in [-0.15, -0.1) is 0 Å². The van der Waals surface area contributed by atoms with Crippen molar-refractivity contribution in [3.63, 3.8) is 0 Å². The number of nitrogens with zero attached hydrogens (tertiary/aromatic N) is 1. The van der Waals surface area contributed by atoms with Gasteiger partial charge in [0.1, 0.15) is 11.4 Å². The average Bonchev–Trinajstić information content (AvgIpc) is 2.57. The Morgan fingerprint density at radius 3 is 2.64 bits per heavy atom. The SMILES string of the molecule is CC1(C)COc2cc(Cl)c(Cl)cc2C(O)(c2cccnc2)C1. The number of hydrogen-bond donors (Lipinski definition) is 1.